The van der Waals surface area contributed by atoms with Crippen LogP contribution in [0.15, 0.2) is 162 Å². The number of fused-ring (bicyclic) bond motifs is 5. The van der Waals surface area contributed by atoms with Crippen molar-refractivity contribution in [2.24, 2.45) is 25.0 Å². The highest BCUT2D eigenvalue weighted by Gasteiger charge is 2.56. The summed E-state index contributed by atoms with van der Waals surface area (Å²) >= 11 is 6.74. The van der Waals surface area contributed by atoms with Crippen LogP contribution in [0.5, 0.6) is 28.7 Å². The van der Waals surface area contributed by atoms with E-state index in [0.29, 0.717) is 110 Å². The van der Waals surface area contributed by atoms with Crippen LogP contribution in [0.4, 0.5) is 0 Å². The molecule has 10 aliphatic heterocycles. The van der Waals surface area contributed by atoms with Crippen LogP contribution < -0.4 is 30.2 Å². The number of Topliss-reactive ketones (excluding diaryl/α,β-unsaturated/α-hetero) is 4. The van der Waals surface area contributed by atoms with E-state index < -0.39 is 44.6 Å². The van der Waals surface area contributed by atoms with Gasteiger partial charge in [0.25, 0.3) is 0 Å². The minimum Gasteiger partial charge on any atom is -0.507 e. The van der Waals surface area contributed by atoms with Crippen molar-refractivity contribution < 1.29 is 77.0 Å². The average Bonchev–Trinajstić information content (AvgIpc) is 1.50. The molecule has 5 spiro atoms. The molecule has 0 saturated carbocycles. The Morgan fingerprint density at radius 3 is 1.31 bits per heavy atom. The van der Waals surface area contributed by atoms with E-state index in [9.17, 15) is 40.1 Å². The molecule has 8 aromatic rings. The number of aromatic hydroxyl groups is 1. The van der Waals surface area contributed by atoms with E-state index in [4.69, 9.17) is 68.7 Å². The third-order valence-electron chi connectivity index (χ3n) is 23.5. The van der Waals surface area contributed by atoms with Crippen LogP contribution in [0.2, 0.25) is 39.3 Å². The van der Waals surface area contributed by atoms with Crippen LogP contribution in [-0.4, -0.2) is 175 Å². The first kappa shape index (κ1) is 105. The molecule has 5 saturated heterocycles. The summed E-state index contributed by atoms with van der Waals surface area (Å²) in [4.78, 5) is 61.5. The van der Waals surface area contributed by atoms with E-state index >= 15 is 0 Å². The molecule has 10 aliphatic rings. The Morgan fingerprint density at radius 2 is 0.918 bits per heavy atom. The summed E-state index contributed by atoms with van der Waals surface area (Å²) in [5.74, 6) is 3.60. The maximum atomic E-state index is 12.8. The fourth-order valence-corrected chi connectivity index (χ4v) is 18.5. The Kier molecular flexibility index (Phi) is 36.5. The lowest BCUT2D eigenvalue weighted by Crippen LogP contribution is -2.53. The van der Waals surface area contributed by atoms with Gasteiger partial charge in [0.1, 0.15) is 57.8 Å². The number of phenolic OH excluding ortho intramolecular Hbond substituents is 1. The molecule has 0 aliphatic carbocycles. The summed E-state index contributed by atoms with van der Waals surface area (Å²) in [6.45, 7) is 30.6. The summed E-state index contributed by atoms with van der Waals surface area (Å²) in [6.07, 6.45) is 12.7. The number of hydrogen-bond donors (Lipinski definition) is 4. The number of aliphatic imine (C=N–C) groups is 2. The van der Waals surface area contributed by atoms with Gasteiger partial charge < -0.3 is 58.7 Å². The van der Waals surface area contributed by atoms with Crippen molar-refractivity contribution in [3.05, 3.63) is 215 Å². The quantitative estimate of drug-likeness (QED) is 0.0395. The number of rotatable bonds is 6. The molecular formula is C102H118Br2ClN11O16Si2. The number of phenols is 1. The Hall–Kier alpha value is -10.9. The van der Waals surface area contributed by atoms with Gasteiger partial charge in [-0.3, -0.25) is 28.5 Å². The maximum Gasteiger partial charge on any atom is 0.222 e. The van der Waals surface area contributed by atoms with Crippen LogP contribution >= 0.6 is 44.3 Å². The second-order valence-corrected chi connectivity index (χ2v) is 47.6. The Labute approximate surface area is 809 Å². The molecule has 18 rings (SSSR count). The lowest BCUT2D eigenvalue weighted by molar-refractivity contribution is -0.216. The van der Waals surface area contributed by atoms with Crippen molar-refractivity contribution in [3.63, 3.8) is 0 Å². The highest BCUT2D eigenvalue weighted by Crippen LogP contribution is 2.54. The molecule has 5 N–H and O–H groups in total. The molecule has 5 unspecified atom stereocenters. The second kappa shape index (κ2) is 46.6. The van der Waals surface area contributed by atoms with Gasteiger partial charge in [-0.05, 0) is 297 Å². The van der Waals surface area contributed by atoms with Crippen LogP contribution in [0.25, 0.3) is 33.4 Å². The molecule has 0 amide bonds. The molecule has 5 fully saturated rings. The molecule has 134 heavy (non-hydrogen) atoms. The van der Waals surface area contributed by atoms with Gasteiger partial charge >= 0.3 is 0 Å². The average molecular weight is 2010 g/mol. The number of ketones is 4. The monoisotopic (exact) mass is 2000 g/mol. The van der Waals surface area contributed by atoms with E-state index in [1.54, 1.807) is 42.9 Å². The summed E-state index contributed by atoms with van der Waals surface area (Å²) < 4.78 is 63.0. The van der Waals surface area contributed by atoms with E-state index in [1.165, 1.54) is 19.0 Å². The van der Waals surface area contributed by atoms with E-state index in [-0.39, 0.29) is 41.3 Å². The largest absolute Gasteiger partial charge is 0.507 e. The highest BCUT2D eigenvalue weighted by molar-refractivity contribution is 9.10. The fourth-order valence-electron chi connectivity index (χ4n) is 17.0. The van der Waals surface area contributed by atoms with Crippen LogP contribution in [0.1, 0.15) is 184 Å². The molecule has 0 bridgehead atoms. The smallest absolute Gasteiger partial charge is 0.222 e. The predicted octanol–water partition coefficient (Wildman–Crippen LogP) is 20.5. The number of guanidine groups is 1. The molecular weight excluding hydrogens is 1890 g/mol. The van der Waals surface area contributed by atoms with Gasteiger partial charge in [0.05, 0.1) is 108 Å². The third kappa shape index (κ3) is 27.3. The zero-order valence-corrected chi connectivity index (χ0v) is 84.5. The number of halogens is 3. The van der Waals surface area contributed by atoms with Crippen molar-refractivity contribution >= 4 is 102 Å². The third-order valence-corrected chi connectivity index (χ3v) is 26.7. The number of nitrogens with two attached hydrogens (primary N) is 1. The van der Waals surface area contributed by atoms with Crippen LogP contribution in [0, 0.1) is 80.1 Å². The van der Waals surface area contributed by atoms with E-state index in [0.717, 1.165) is 196 Å². The zero-order valence-electron chi connectivity index (χ0n) is 78.5. The Balaban J connectivity index is 0.000000167. The minimum atomic E-state index is -1.31. The van der Waals surface area contributed by atoms with Crippen molar-refractivity contribution in [2.75, 3.05) is 80.2 Å². The van der Waals surface area contributed by atoms with Gasteiger partial charge in [0.15, 0.2) is 39.6 Å². The van der Waals surface area contributed by atoms with Gasteiger partial charge in [0, 0.05) is 80.9 Å². The number of nitrogens with one attached hydrogen (secondary N) is 1. The van der Waals surface area contributed by atoms with Gasteiger partial charge in [0.2, 0.25) is 17.9 Å². The summed E-state index contributed by atoms with van der Waals surface area (Å²) in [5, 5.41) is 55.0. The molecule has 32 heteroatoms. The molecule has 27 nitrogen and oxygen atoms in total. The predicted molar refractivity (Wildman–Crippen MR) is 528 cm³/mol. The summed E-state index contributed by atoms with van der Waals surface area (Å²) in [5.41, 5.74) is 22.0. The first-order valence-electron chi connectivity index (χ1n) is 44.5. The van der Waals surface area contributed by atoms with Gasteiger partial charge in [-0.1, -0.05) is 68.3 Å². The number of carbonyl (C=O) groups is 4. The lowest BCUT2D eigenvalue weighted by atomic mass is 9.80. The number of nitriles is 4. The van der Waals surface area contributed by atoms with Crippen molar-refractivity contribution in [3.8, 4) is 86.5 Å². The van der Waals surface area contributed by atoms with Crippen molar-refractivity contribution in [1.82, 2.24) is 10.5 Å². The van der Waals surface area contributed by atoms with E-state index in [1.807, 2.05) is 138 Å². The highest BCUT2D eigenvalue weighted by atomic mass is 79.9. The Morgan fingerprint density at radius 1 is 0.522 bits per heavy atom. The molecule has 8 aromatic carbocycles. The first-order chi connectivity index (χ1) is 63.3. The van der Waals surface area contributed by atoms with Crippen LogP contribution in [-0.2, 0) is 39.0 Å². The standard InChI is InChI=1S/C23H24N4O3.C22H19N3O2.C21H19NO3.C14H15BrO3.C9H9BrO2.C7H18N2Si2.C5H8O2.CH5NO.ClH/c1-15-9-20-19(11-18(15)17-6-3-5-16(10-17)12-24)23(26-21(25)27(2)30-23)13-22(29-20)7-4-8-28-14-22;1-15-8-21-19(10-18(15)17-5-2-4-16(9-17)12-23)20(25-14-24)11-22(27-21)6-3-7-26-13-22;1-14-8-20-18(10-17(14)16-5-2-4-15(9-16)12-22)19(23)11-21(25-20)6-3-7-24-13-21;1-9-5-13-10(6-11(9)15)12(16)7-14(18-13)3-2-4-17-8-14;1-5-3-9(12)7(6(2)11)4-8(5)10;1-10(2,3)8-7-9-11(4,5)6;6-5-2-1-3-7-4-5;1-2-3;/h3,5-6,9-11H,4,7-8,13-14H2,1-2H3,(H2,25,26);2,4-5,8-10H,3,6-7,11,13H2,1H3;2,4-5,8-10H,3,6-7,11,13H2,1H3;5-6H,2-4,7-8H2,1H3;3-4,12H,1-2H3;1-6H3;1-4H2;2-3H,1H3;1H. The first-order valence-corrected chi connectivity index (χ1v) is 53.0. The molecule has 5 atom stereocenters. The molecule has 0 radical (unpaired) electrons. The SMILES string of the molecule is CC(=O)c1cc(Br)c(C)cc1O.CNO.C[Si](C)(C)N=C=N[Si](C)(C)C.Cc1cc2c(cc1-c1cccc(C#N)c1)C(=NC#N)CC1(CCCOC1)O2.Cc1cc2c(cc1-c1cccc(C#N)c1)C(=O)CC1(CCCOC1)O2.Cc1cc2c(cc1-c1cccc(C#N)c1)C1(CC3(CCCOC3)O2)N=C(N)N(C)O1.Cc1cc2c(cc1Br)C(=O)CC1(CCCOC1)O2.Cl.O=C1CCCOC1. The number of hydroxylamine groups is 3. The van der Waals surface area contributed by atoms with Crippen molar-refractivity contribution in [1.29, 1.82) is 21.0 Å². The fraction of sp³-hybridized carbons (Fsp3) is 0.422. The van der Waals surface area contributed by atoms with Crippen LogP contribution in [0.3, 0.4) is 0 Å². The second-order valence-electron chi connectivity index (χ2n) is 36.7. The van der Waals surface area contributed by atoms with Gasteiger partial charge in [-0.25, -0.2) is 20.4 Å². The van der Waals surface area contributed by atoms with E-state index in [2.05, 4.69) is 116 Å². The number of benzene rings is 8. The van der Waals surface area contributed by atoms with Crippen molar-refractivity contribution in [2.45, 2.75) is 199 Å². The van der Waals surface area contributed by atoms with Gasteiger partial charge in [-0.15, -0.1) is 12.4 Å². The van der Waals surface area contributed by atoms with Gasteiger partial charge in [-0.2, -0.15) is 26.0 Å². The topological polar surface area (TPSA) is 387 Å². The summed E-state index contributed by atoms with van der Waals surface area (Å²) in [7, 11) is 0.563. The lowest BCUT2D eigenvalue weighted by Gasteiger charge is -2.46. The summed E-state index contributed by atoms with van der Waals surface area (Å²) in [6, 6.07) is 50.9. The molecule has 0 aromatic heterocycles. The maximum absolute atomic E-state index is 12.8. The zero-order chi connectivity index (χ0) is 96.2. The number of carbonyl (C=O) groups excluding carboxylic acids is 4. The minimum absolute atomic E-state index is 0. The number of nitrogens with zero attached hydrogens (tertiary/aromatic N) is 9. The number of hydrogen-bond acceptors (Lipinski definition) is 27. The normalized spacial score (nSPS) is 21.6. The Bertz CT molecular complexity index is 5930. The molecule has 10 heterocycles. The molecule has 706 valence electrons. The number of ether oxygens (including phenoxy) is 9. The number of aryl methyl sites for hydroxylation is 5.